The van der Waals surface area contributed by atoms with E-state index in [1.165, 1.54) is 35.9 Å². The lowest BCUT2D eigenvalue weighted by atomic mass is 10.0. The molecule has 3 N–H and O–H groups in total. The average Bonchev–Trinajstić information content (AvgIpc) is 2.78. The number of aliphatic imine (C=N–C) groups is 1. The third kappa shape index (κ3) is 7.46. The number of hydrogen-bond donors (Lipinski definition) is 2. The molecule has 0 atom stereocenters. The van der Waals surface area contributed by atoms with Crippen LogP contribution in [0.3, 0.4) is 0 Å². The van der Waals surface area contributed by atoms with E-state index in [4.69, 9.17) is 5.73 Å². The first-order valence-corrected chi connectivity index (χ1v) is 12.2. The van der Waals surface area contributed by atoms with Gasteiger partial charge in [-0.25, -0.2) is 4.99 Å². The highest BCUT2D eigenvalue weighted by molar-refractivity contribution is 8.13. The monoisotopic (exact) mass is 449 g/mol. The molecule has 0 unspecified atom stereocenters. The lowest BCUT2D eigenvalue weighted by molar-refractivity contribution is 0.249. The highest BCUT2D eigenvalue weighted by Crippen LogP contribution is 2.24. The van der Waals surface area contributed by atoms with Crippen molar-refractivity contribution < 1.29 is 0 Å². The number of nitrogens with zero attached hydrogens (tertiary/aromatic N) is 3. The number of nitrogens with one attached hydrogen (secondary N) is 1. The SMILES string of the molecule is C/C=C(/N=C(\N)SCC1=C/C=C\C=C/C=C\1)Nc1ccc(N2CCC(N(C)C)CC2)cc1. The van der Waals surface area contributed by atoms with E-state index in [-0.39, 0.29) is 0 Å². The van der Waals surface area contributed by atoms with E-state index < -0.39 is 0 Å². The normalized spacial score (nSPS) is 22.6. The van der Waals surface area contributed by atoms with Crippen LogP contribution in [0.5, 0.6) is 0 Å². The standard InChI is InChI=1S/C26H35N5S/c1-4-25(29-26(27)32-20-21-10-8-6-5-7-9-11-21)28-22-12-14-24(15-13-22)31-18-16-23(17-19-31)30(2)3/h4-15,23,28H,16-20H2,1-3H3,(H2,27,29)/b6-5-,7-5?,8-6?,9-7-,10-8-,11-9?,21-10?,21-11+,25-4+. The summed E-state index contributed by atoms with van der Waals surface area (Å²) < 4.78 is 0. The van der Waals surface area contributed by atoms with Crippen molar-refractivity contribution in [2.24, 2.45) is 10.7 Å². The summed E-state index contributed by atoms with van der Waals surface area (Å²) in [5.74, 6) is 1.53. The number of nitrogens with two attached hydrogens (primary N) is 1. The molecule has 1 fully saturated rings. The van der Waals surface area contributed by atoms with Crippen molar-refractivity contribution in [3.05, 3.63) is 84.3 Å². The first-order chi connectivity index (χ1) is 15.5. The van der Waals surface area contributed by atoms with Crippen molar-refractivity contribution in [2.75, 3.05) is 43.2 Å². The van der Waals surface area contributed by atoms with Gasteiger partial charge >= 0.3 is 0 Å². The molecular formula is C26H35N5S. The number of rotatable bonds is 7. The van der Waals surface area contributed by atoms with E-state index in [1.807, 2.05) is 43.4 Å². The Morgan fingerprint density at radius 3 is 2.50 bits per heavy atom. The third-order valence-corrected chi connectivity index (χ3v) is 6.52. The highest BCUT2D eigenvalue weighted by Gasteiger charge is 2.20. The van der Waals surface area contributed by atoms with Crippen LogP contribution in [0.25, 0.3) is 0 Å². The average molecular weight is 450 g/mol. The molecule has 0 aromatic heterocycles. The minimum Gasteiger partial charge on any atom is -0.378 e. The lowest BCUT2D eigenvalue weighted by Crippen LogP contribution is -2.41. The maximum atomic E-state index is 6.18. The van der Waals surface area contributed by atoms with E-state index in [2.05, 4.69) is 70.6 Å². The van der Waals surface area contributed by atoms with Crippen molar-refractivity contribution in [1.29, 1.82) is 0 Å². The van der Waals surface area contributed by atoms with Gasteiger partial charge < -0.3 is 20.9 Å². The van der Waals surface area contributed by atoms with Crippen molar-refractivity contribution in [3.63, 3.8) is 0 Å². The second-order valence-electron chi connectivity index (χ2n) is 8.14. The number of thioether (sulfide) groups is 1. The van der Waals surface area contributed by atoms with Crippen LogP contribution in [0.1, 0.15) is 19.8 Å². The summed E-state index contributed by atoms with van der Waals surface area (Å²) in [4.78, 5) is 9.37. The van der Waals surface area contributed by atoms with E-state index in [0.29, 0.717) is 11.2 Å². The predicted octanol–water partition coefficient (Wildman–Crippen LogP) is 5.15. The molecule has 3 rings (SSSR count). The number of amidine groups is 1. The molecule has 1 aromatic carbocycles. The fraction of sp³-hybridized carbons (Fsp3) is 0.346. The summed E-state index contributed by atoms with van der Waals surface area (Å²) in [5, 5.41) is 3.92. The molecule has 0 spiro atoms. The molecule has 32 heavy (non-hydrogen) atoms. The number of anilines is 2. The number of benzene rings is 1. The number of allylic oxidation sites excluding steroid dienone is 8. The molecule has 1 heterocycles. The summed E-state index contributed by atoms with van der Waals surface area (Å²) in [6.45, 7) is 4.17. The van der Waals surface area contributed by atoms with E-state index >= 15 is 0 Å². The molecule has 1 saturated heterocycles. The summed E-state index contributed by atoms with van der Waals surface area (Å²) in [6, 6.07) is 9.28. The quantitative estimate of drug-likeness (QED) is 0.445. The van der Waals surface area contributed by atoms with Crippen molar-refractivity contribution in [2.45, 2.75) is 25.8 Å². The molecule has 1 aliphatic carbocycles. The molecular weight excluding hydrogens is 414 g/mol. The maximum Gasteiger partial charge on any atom is 0.161 e. The zero-order chi connectivity index (χ0) is 22.8. The molecule has 0 amide bonds. The molecule has 2 aliphatic rings. The Morgan fingerprint density at radius 1 is 1.12 bits per heavy atom. The van der Waals surface area contributed by atoms with Gasteiger partial charge in [0.1, 0.15) is 5.82 Å². The Kier molecular flexibility index (Phi) is 9.26. The van der Waals surface area contributed by atoms with Crippen LogP contribution in [0.15, 0.2) is 89.3 Å². The third-order valence-electron chi connectivity index (χ3n) is 5.66. The highest BCUT2D eigenvalue weighted by atomic mass is 32.2. The van der Waals surface area contributed by atoms with Crippen LogP contribution in [0.4, 0.5) is 11.4 Å². The van der Waals surface area contributed by atoms with Gasteiger partial charge in [0.2, 0.25) is 0 Å². The Balaban J connectivity index is 1.52. The molecule has 1 aliphatic heterocycles. The van der Waals surface area contributed by atoms with Gasteiger partial charge in [0.05, 0.1) is 0 Å². The smallest absolute Gasteiger partial charge is 0.161 e. The van der Waals surface area contributed by atoms with Gasteiger partial charge in [-0.3, -0.25) is 0 Å². The minimum absolute atomic E-state index is 0.543. The molecule has 0 radical (unpaired) electrons. The predicted molar refractivity (Wildman–Crippen MR) is 142 cm³/mol. The summed E-state index contributed by atoms with van der Waals surface area (Å²) in [5.41, 5.74) is 9.67. The fourth-order valence-electron chi connectivity index (χ4n) is 3.72. The van der Waals surface area contributed by atoms with Crippen LogP contribution in [-0.2, 0) is 0 Å². The minimum atomic E-state index is 0.543. The van der Waals surface area contributed by atoms with Crippen LogP contribution in [-0.4, -0.2) is 49.0 Å². The Hall–Kier alpha value is -2.70. The largest absolute Gasteiger partial charge is 0.378 e. The Morgan fingerprint density at radius 2 is 1.81 bits per heavy atom. The lowest BCUT2D eigenvalue weighted by Gasteiger charge is -2.36. The van der Waals surface area contributed by atoms with Gasteiger partial charge in [0.15, 0.2) is 5.17 Å². The van der Waals surface area contributed by atoms with Gasteiger partial charge in [-0.2, -0.15) is 0 Å². The van der Waals surface area contributed by atoms with E-state index in [1.54, 1.807) is 0 Å². The molecule has 6 heteroatoms. The van der Waals surface area contributed by atoms with Crippen molar-refractivity contribution in [1.82, 2.24) is 4.90 Å². The number of hydrogen-bond acceptors (Lipinski definition) is 5. The van der Waals surface area contributed by atoms with Gasteiger partial charge in [-0.15, -0.1) is 0 Å². The fourth-order valence-corrected chi connectivity index (χ4v) is 4.39. The van der Waals surface area contributed by atoms with Crippen LogP contribution < -0.4 is 16.0 Å². The summed E-state index contributed by atoms with van der Waals surface area (Å²) >= 11 is 1.54. The molecule has 1 aromatic rings. The van der Waals surface area contributed by atoms with Gasteiger partial charge in [-0.05, 0) is 69.8 Å². The van der Waals surface area contributed by atoms with Gasteiger partial charge in [0.25, 0.3) is 0 Å². The first-order valence-electron chi connectivity index (χ1n) is 11.2. The zero-order valence-corrected chi connectivity index (χ0v) is 20.2. The van der Waals surface area contributed by atoms with E-state index in [0.717, 1.165) is 30.4 Å². The number of piperidine rings is 1. The Labute approximate surface area is 197 Å². The topological polar surface area (TPSA) is 56.9 Å². The zero-order valence-electron chi connectivity index (χ0n) is 19.4. The van der Waals surface area contributed by atoms with Crippen molar-refractivity contribution in [3.8, 4) is 0 Å². The second-order valence-corrected chi connectivity index (χ2v) is 9.13. The summed E-state index contributed by atoms with van der Waals surface area (Å²) in [6.07, 6.45) is 18.7. The molecule has 0 saturated carbocycles. The van der Waals surface area contributed by atoms with Crippen molar-refractivity contribution >= 4 is 28.3 Å². The first kappa shape index (κ1) is 24.0. The van der Waals surface area contributed by atoms with Crippen LogP contribution >= 0.6 is 11.8 Å². The van der Waals surface area contributed by atoms with Crippen LogP contribution in [0, 0.1) is 0 Å². The Bertz CT molecular complexity index is 914. The molecule has 5 nitrogen and oxygen atoms in total. The maximum absolute atomic E-state index is 6.18. The molecule has 170 valence electrons. The van der Waals surface area contributed by atoms with Crippen LogP contribution in [0.2, 0.25) is 0 Å². The van der Waals surface area contributed by atoms with Gasteiger partial charge in [0, 0.05) is 36.3 Å². The van der Waals surface area contributed by atoms with Gasteiger partial charge in [-0.1, -0.05) is 54.3 Å². The van der Waals surface area contributed by atoms with E-state index in [9.17, 15) is 0 Å². The summed E-state index contributed by atoms with van der Waals surface area (Å²) in [7, 11) is 4.35. The molecule has 0 bridgehead atoms. The second kappa shape index (κ2) is 12.4.